The Morgan fingerprint density at radius 2 is 2.21 bits per heavy atom. The van der Waals surface area contributed by atoms with E-state index < -0.39 is 9.84 Å². The van der Waals surface area contributed by atoms with Gasteiger partial charge in [-0.2, -0.15) is 0 Å². The maximum atomic E-state index is 11.4. The summed E-state index contributed by atoms with van der Waals surface area (Å²) < 4.78 is 28.1. The molecular weight excluding hydrogens is 264 g/mol. The summed E-state index contributed by atoms with van der Waals surface area (Å²) in [6, 6.07) is 0.0403. The van der Waals surface area contributed by atoms with Crippen LogP contribution in [-0.2, 0) is 16.4 Å². The predicted molar refractivity (Wildman–Crippen MR) is 74.2 cm³/mol. The number of aryl methyl sites for hydroxylation is 1. The fourth-order valence-electron chi connectivity index (χ4n) is 2.45. The number of hydrogen-bond acceptors (Lipinski definition) is 5. The molecule has 1 unspecified atom stereocenters. The van der Waals surface area contributed by atoms with Gasteiger partial charge < -0.3 is 10.1 Å². The van der Waals surface area contributed by atoms with Crippen molar-refractivity contribution in [2.75, 3.05) is 18.6 Å². The second kappa shape index (κ2) is 5.46. The quantitative estimate of drug-likeness (QED) is 0.893. The summed E-state index contributed by atoms with van der Waals surface area (Å²) in [5.74, 6) is 1.37. The van der Waals surface area contributed by atoms with Crippen LogP contribution in [0, 0.1) is 13.8 Å². The Balaban J connectivity index is 2.05. The maximum absolute atomic E-state index is 11.4. The summed E-state index contributed by atoms with van der Waals surface area (Å²) in [4.78, 5) is 4.39. The molecule has 106 valence electrons. The summed E-state index contributed by atoms with van der Waals surface area (Å²) in [7, 11) is -1.19. The summed E-state index contributed by atoms with van der Waals surface area (Å²) in [5, 5.41) is 3.27. The minimum Gasteiger partial charge on any atom is -0.496 e. The highest BCUT2D eigenvalue weighted by atomic mass is 32.2. The van der Waals surface area contributed by atoms with E-state index in [1.54, 1.807) is 13.3 Å². The van der Waals surface area contributed by atoms with Crippen LogP contribution in [0.15, 0.2) is 6.20 Å². The summed E-state index contributed by atoms with van der Waals surface area (Å²) in [6.45, 7) is 4.50. The Morgan fingerprint density at radius 1 is 1.47 bits per heavy atom. The highest BCUT2D eigenvalue weighted by Crippen LogP contribution is 2.24. The molecule has 1 aromatic heterocycles. The van der Waals surface area contributed by atoms with Crippen molar-refractivity contribution in [3.8, 4) is 5.75 Å². The molecular formula is C13H20N2O3S. The highest BCUT2D eigenvalue weighted by molar-refractivity contribution is 7.91. The van der Waals surface area contributed by atoms with Crippen LogP contribution in [-0.4, -0.2) is 38.1 Å². The Hall–Kier alpha value is -1.14. The van der Waals surface area contributed by atoms with E-state index in [4.69, 9.17) is 4.74 Å². The molecule has 6 heteroatoms. The molecule has 5 nitrogen and oxygen atoms in total. The van der Waals surface area contributed by atoms with Crippen LogP contribution in [0.1, 0.15) is 23.2 Å². The van der Waals surface area contributed by atoms with Gasteiger partial charge in [-0.1, -0.05) is 0 Å². The zero-order valence-corrected chi connectivity index (χ0v) is 12.4. The van der Waals surface area contributed by atoms with Crippen molar-refractivity contribution >= 4 is 9.84 Å². The van der Waals surface area contributed by atoms with Crippen molar-refractivity contribution < 1.29 is 13.2 Å². The normalized spacial score (nSPS) is 21.5. The van der Waals surface area contributed by atoms with Gasteiger partial charge in [-0.3, -0.25) is 4.98 Å². The average molecular weight is 284 g/mol. The van der Waals surface area contributed by atoms with Gasteiger partial charge in [0.15, 0.2) is 9.84 Å². The van der Waals surface area contributed by atoms with E-state index in [0.717, 1.165) is 22.6 Å². The fourth-order valence-corrected chi connectivity index (χ4v) is 4.15. The molecule has 1 aliphatic rings. The van der Waals surface area contributed by atoms with E-state index in [1.165, 1.54) is 0 Å². The predicted octanol–water partition coefficient (Wildman–Crippen LogP) is 0.984. The van der Waals surface area contributed by atoms with Crippen molar-refractivity contribution in [3.63, 3.8) is 0 Å². The molecule has 1 aromatic rings. The van der Waals surface area contributed by atoms with E-state index in [0.29, 0.717) is 13.0 Å². The first kappa shape index (κ1) is 14.3. The summed E-state index contributed by atoms with van der Waals surface area (Å²) >= 11 is 0. The molecule has 1 atom stereocenters. The summed E-state index contributed by atoms with van der Waals surface area (Å²) in [5.41, 5.74) is 2.93. The van der Waals surface area contributed by atoms with Gasteiger partial charge in [-0.25, -0.2) is 8.42 Å². The third kappa shape index (κ3) is 3.25. The lowest BCUT2D eigenvalue weighted by Gasteiger charge is -2.15. The number of pyridine rings is 1. The first-order valence-corrected chi connectivity index (χ1v) is 8.18. The SMILES string of the molecule is COc1c(C)cnc(CNC2CCS(=O)(=O)C2)c1C. The molecule has 1 N–H and O–H groups in total. The van der Waals surface area contributed by atoms with Gasteiger partial charge in [0, 0.05) is 29.9 Å². The molecule has 2 heterocycles. The highest BCUT2D eigenvalue weighted by Gasteiger charge is 2.27. The van der Waals surface area contributed by atoms with E-state index in [1.807, 2.05) is 13.8 Å². The number of aromatic nitrogens is 1. The Labute approximate surface area is 114 Å². The standard InChI is InChI=1S/C13H20N2O3S/c1-9-6-15-12(10(2)13(9)18-3)7-14-11-4-5-19(16,17)8-11/h6,11,14H,4-5,7-8H2,1-3H3. The van der Waals surface area contributed by atoms with Crippen LogP contribution < -0.4 is 10.1 Å². The number of nitrogens with one attached hydrogen (secondary N) is 1. The molecule has 2 rings (SSSR count). The molecule has 19 heavy (non-hydrogen) atoms. The first-order chi connectivity index (χ1) is 8.93. The van der Waals surface area contributed by atoms with E-state index in [9.17, 15) is 8.42 Å². The largest absolute Gasteiger partial charge is 0.496 e. The molecule has 0 amide bonds. The van der Waals surface area contributed by atoms with Crippen LogP contribution >= 0.6 is 0 Å². The third-order valence-corrected chi connectivity index (χ3v) is 5.31. The second-order valence-corrected chi connectivity index (χ2v) is 7.26. The van der Waals surface area contributed by atoms with Crippen LogP contribution in [0.4, 0.5) is 0 Å². The fraction of sp³-hybridized carbons (Fsp3) is 0.615. The molecule has 0 radical (unpaired) electrons. The van der Waals surface area contributed by atoms with Gasteiger partial charge in [0.2, 0.25) is 0 Å². The van der Waals surface area contributed by atoms with Crippen molar-refractivity contribution in [2.45, 2.75) is 32.9 Å². The molecule has 1 fully saturated rings. The molecule has 0 aromatic carbocycles. The van der Waals surface area contributed by atoms with Gasteiger partial charge in [0.25, 0.3) is 0 Å². The summed E-state index contributed by atoms with van der Waals surface area (Å²) in [6.07, 6.45) is 2.47. The van der Waals surface area contributed by atoms with Crippen molar-refractivity contribution in [2.24, 2.45) is 0 Å². The van der Waals surface area contributed by atoms with Gasteiger partial charge >= 0.3 is 0 Å². The zero-order valence-electron chi connectivity index (χ0n) is 11.6. The number of ether oxygens (including phenoxy) is 1. The number of methoxy groups -OCH3 is 1. The number of sulfone groups is 1. The van der Waals surface area contributed by atoms with Crippen LogP contribution in [0.25, 0.3) is 0 Å². The van der Waals surface area contributed by atoms with Gasteiger partial charge in [-0.15, -0.1) is 0 Å². The number of nitrogens with zero attached hydrogens (tertiary/aromatic N) is 1. The van der Waals surface area contributed by atoms with E-state index in [2.05, 4.69) is 10.3 Å². The van der Waals surface area contributed by atoms with Crippen molar-refractivity contribution in [1.29, 1.82) is 0 Å². The van der Waals surface area contributed by atoms with Crippen molar-refractivity contribution in [1.82, 2.24) is 10.3 Å². The lowest BCUT2D eigenvalue weighted by atomic mass is 10.1. The minimum absolute atomic E-state index is 0.0403. The third-order valence-electron chi connectivity index (χ3n) is 3.54. The molecule has 1 saturated heterocycles. The van der Waals surface area contributed by atoms with Crippen LogP contribution in [0.3, 0.4) is 0 Å². The Kier molecular flexibility index (Phi) is 4.10. The van der Waals surface area contributed by atoms with Gasteiger partial charge in [0.05, 0.1) is 24.3 Å². The number of hydrogen-bond donors (Lipinski definition) is 1. The lowest BCUT2D eigenvalue weighted by molar-refractivity contribution is 0.406. The number of rotatable bonds is 4. The topological polar surface area (TPSA) is 68.3 Å². The smallest absolute Gasteiger partial charge is 0.151 e. The van der Waals surface area contributed by atoms with Crippen molar-refractivity contribution in [3.05, 3.63) is 23.0 Å². The van der Waals surface area contributed by atoms with E-state index >= 15 is 0 Å². The van der Waals surface area contributed by atoms with Crippen LogP contribution in [0.2, 0.25) is 0 Å². The Morgan fingerprint density at radius 3 is 2.79 bits per heavy atom. The second-order valence-electron chi connectivity index (χ2n) is 5.03. The van der Waals surface area contributed by atoms with Gasteiger partial charge in [0.1, 0.15) is 5.75 Å². The van der Waals surface area contributed by atoms with Gasteiger partial charge in [-0.05, 0) is 20.3 Å². The average Bonchev–Trinajstić information content (AvgIpc) is 2.69. The first-order valence-electron chi connectivity index (χ1n) is 6.36. The molecule has 1 aliphatic heterocycles. The molecule has 0 saturated carbocycles. The lowest BCUT2D eigenvalue weighted by Crippen LogP contribution is -2.30. The monoisotopic (exact) mass is 284 g/mol. The zero-order chi connectivity index (χ0) is 14.0. The molecule has 0 aliphatic carbocycles. The van der Waals surface area contributed by atoms with Crippen LogP contribution in [0.5, 0.6) is 5.75 Å². The molecule has 0 bridgehead atoms. The molecule has 0 spiro atoms. The maximum Gasteiger partial charge on any atom is 0.151 e. The Bertz CT molecular complexity index is 569. The van der Waals surface area contributed by atoms with E-state index in [-0.39, 0.29) is 17.5 Å². The minimum atomic E-state index is -2.84.